The van der Waals surface area contributed by atoms with Crippen LogP contribution >= 0.6 is 0 Å². The summed E-state index contributed by atoms with van der Waals surface area (Å²) in [7, 11) is 0. The van der Waals surface area contributed by atoms with E-state index in [9.17, 15) is 0 Å². The van der Waals surface area contributed by atoms with Crippen LogP contribution in [0.2, 0.25) is 0 Å². The number of unbranched alkanes of at least 4 members (excludes halogenated alkanes) is 10. The minimum Gasteiger partial charge on any atom is -0.357 e. The van der Waals surface area contributed by atoms with Gasteiger partial charge in [-0.15, -0.1) is 0 Å². The van der Waals surface area contributed by atoms with Gasteiger partial charge in [0, 0.05) is 0 Å². The summed E-state index contributed by atoms with van der Waals surface area (Å²) in [6.45, 7) is 4.59. The van der Waals surface area contributed by atoms with Crippen molar-refractivity contribution in [3.8, 4) is 0 Å². The zero-order chi connectivity index (χ0) is 18.9. The molecule has 0 saturated heterocycles. The molecule has 2 aliphatic rings. The van der Waals surface area contributed by atoms with Gasteiger partial charge < -0.3 is 4.74 Å². The van der Waals surface area contributed by atoms with Gasteiger partial charge in [0.05, 0.1) is 0 Å². The number of ether oxygens (including phenoxy) is 1. The molecule has 0 aliphatic carbocycles. The van der Waals surface area contributed by atoms with Gasteiger partial charge in [0.15, 0.2) is 0 Å². The van der Waals surface area contributed by atoms with Crippen molar-refractivity contribution in [2.75, 3.05) is 0 Å². The highest BCUT2D eigenvalue weighted by Gasteiger charge is 2.34. The summed E-state index contributed by atoms with van der Waals surface area (Å²) in [6.07, 6.45) is 24.0. The molecular weight excluding hydrogens is 328 g/mol. The molecule has 3 rings (SSSR count). The van der Waals surface area contributed by atoms with Crippen molar-refractivity contribution in [2.24, 2.45) is 0 Å². The van der Waals surface area contributed by atoms with Crippen molar-refractivity contribution >= 4 is 0 Å². The SMILES string of the molecule is CCCCCCCCc1cc2c(cc1CCCCCCCC)C1C=CC2O1. The van der Waals surface area contributed by atoms with Gasteiger partial charge in [-0.25, -0.2) is 0 Å². The molecule has 0 aromatic heterocycles. The molecule has 1 aromatic rings. The van der Waals surface area contributed by atoms with Crippen LogP contribution < -0.4 is 0 Å². The lowest BCUT2D eigenvalue weighted by Crippen LogP contribution is -2.02. The van der Waals surface area contributed by atoms with Crippen LogP contribution in [0.1, 0.15) is 125 Å². The average molecular weight is 369 g/mol. The summed E-state index contributed by atoms with van der Waals surface area (Å²) in [5.41, 5.74) is 6.13. The van der Waals surface area contributed by atoms with E-state index in [1.807, 2.05) is 0 Å². The molecule has 2 heterocycles. The number of hydrogen-bond acceptors (Lipinski definition) is 1. The smallest absolute Gasteiger partial charge is 0.102 e. The number of hydrogen-bond donors (Lipinski definition) is 0. The zero-order valence-corrected chi connectivity index (χ0v) is 17.8. The van der Waals surface area contributed by atoms with Crippen LogP contribution in [0.15, 0.2) is 24.3 Å². The van der Waals surface area contributed by atoms with Crippen LogP contribution in [0, 0.1) is 0 Å². The van der Waals surface area contributed by atoms with E-state index in [4.69, 9.17) is 4.74 Å². The third-order valence-electron chi connectivity index (χ3n) is 6.37. The van der Waals surface area contributed by atoms with Crippen LogP contribution in [0.3, 0.4) is 0 Å². The van der Waals surface area contributed by atoms with E-state index in [0.29, 0.717) is 0 Å². The number of benzene rings is 1. The third-order valence-corrected chi connectivity index (χ3v) is 6.37. The maximum absolute atomic E-state index is 6.08. The van der Waals surface area contributed by atoms with Crippen molar-refractivity contribution in [2.45, 2.75) is 116 Å². The van der Waals surface area contributed by atoms with Crippen molar-refractivity contribution in [1.82, 2.24) is 0 Å². The molecule has 0 radical (unpaired) electrons. The topological polar surface area (TPSA) is 9.23 Å². The predicted octanol–water partition coefficient (Wildman–Crippen LogP) is 8.17. The van der Waals surface area contributed by atoms with Crippen LogP contribution in [0.25, 0.3) is 0 Å². The standard InChI is InChI=1S/C26H40O/c1-3-5-7-9-11-13-15-21-19-23-24(26-18-17-25(23)27-26)20-22(21)16-14-12-10-8-6-4-2/h17-20,25-26H,3-16H2,1-2H3. The molecule has 2 atom stereocenters. The highest BCUT2D eigenvalue weighted by molar-refractivity contribution is 5.48. The van der Waals surface area contributed by atoms with Crippen molar-refractivity contribution in [3.05, 3.63) is 46.5 Å². The Labute approximate surface area is 167 Å². The summed E-state index contributed by atoms with van der Waals surface area (Å²) in [5.74, 6) is 0. The second-order valence-corrected chi connectivity index (χ2v) is 8.65. The number of rotatable bonds is 14. The molecule has 27 heavy (non-hydrogen) atoms. The second kappa shape index (κ2) is 11.1. The summed E-state index contributed by atoms with van der Waals surface area (Å²) in [4.78, 5) is 0. The Hall–Kier alpha value is -1.08. The fraction of sp³-hybridized carbons (Fsp3) is 0.692. The highest BCUT2D eigenvalue weighted by atomic mass is 16.5. The Morgan fingerprint density at radius 2 is 1.00 bits per heavy atom. The van der Waals surface area contributed by atoms with Gasteiger partial charge in [-0.2, -0.15) is 0 Å². The Bertz CT molecular complexity index is 549. The Kier molecular flexibility index (Phi) is 8.45. The number of aryl methyl sites for hydroxylation is 2. The largest absolute Gasteiger partial charge is 0.357 e. The highest BCUT2D eigenvalue weighted by Crippen LogP contribution is 2.46. The molecular formula is C26H40O. The fourth-order valence-corrected chi connectivity index (χ4v) is 4.68. The normalized spacial score (nSPS) is 19.8. The first kappa shape index (κ1) is 20.6. The molecule has 2 unspecified atom stereocenters. The summed E-state index contributed by atoms with van der Waals surface area (Å²) < 4.78 is 6.08. The molecule has 2 aliphatic heterocycles. The van der Waals surface area contributed by atoms with Crippen molar-refractivity contribution in [1.29, 1.82) is 0 Å². The summed E-state index contributed by atoms with van der Waals surface area (Å²) in [5, 5.41) is 0. The van der Waals surface area contributed by atoms with E-state index in [1.165, 1.54) is 101 Å². The molecule has 150 valence electrons. The van der Waals surface area contributed by atoms with Crippen molar-refractivity contribution in [3.63, 3.8) is 0 Å². The molecule has 0 N–H and O–H groups in total. The monoisotopic (exact) mass is 368 g/mol. The molecule has 0 fully saturated rings. The third kappa shape index (κ3) is 5.70. The van der Waals surface area contributed by atoms with Crippen LogP contribution in [-0.4, -0.2) is 0 Å². The fourth-order valence-electron chi connectivity index (χ4n) is 4.68. The first-order chi connectivity index (χ1) is 13.3. The first-order valence-corrected chi connectivity index (χ1v) is 11.8. The van der Waals surface area contributed by atoms with Crippen molar-refractivity contribution < 1.29 is 4.74 Å². The van der Waals surface area contributed by atoms with E-state index < -0.39 is 0 Å². The van der Waals surface area contributed by atoms with Gasteiger partial charge in [0.2, 0.25) is 0 Å². The summed E-state index contributed by atoms with van der Waals surface area (Å²) >= 11 is 0. The van der Waals surface area contributed by atoms with Gasteiger partial charge in [0.25, 0.3) is 0 Å². The molecule has 0 saturated carbocycles. The first-order valence-electron chi connectivity index (χ1n) is 11.8. The Morgan fingerprint density at radius 1 is 0.593 bits per heavy atom. The molecule has 1 heteroatoms. The Morgan fingerprint density at radius 3 is 1.44 bits per heavy atom. The lowest BCUT2D eigenvalue weighted by atomic mass is 9.88. The molecule has 0 spiro atoms. The lowest BCUT2D eigenvalue weighted by molar-refractivity contribution is 0.0878. The molecule has 1 aromatic carbocycles. The van der Waals surface area contributed by atoms with Gasteiger partial charge in [0.1, 0.15) is 12.2 Å². The summed E-state index contributed by atoms with van der Waals surface area (Å²) in [6, 6.07) is 5.00. The predicted molar refractivity (Wildman–Crippen MR) is 116 cm³/mol. The van der Waals surface area contributed by atoms with E-state index in [2.05, 4.69) is 38.1 Å². The van der Waals surface area contributed by atoms with E-state index >= 15 is 0 Å². The average Bonchev–Trinajstić information content (AvgIpc) is 3.29. The maximum atomic E-state index is 6.08. The second-order valence-electron chi connectivity index (χ2n) is 8.65. The van der Waals surface area contributed by atoms with Crippen LogP contribution in [0.4, 0.5) is 0 Å². The molecule has 0 amide bonds. The van der Waals surface area contributed by atoms with Crippen LogP contribution in [0.5, 0.6) is 0 Å². The maximum Gasteiger partial charge on any atom is 0.102 e. The van der Waals surface area contributed by atoms with Gasteiger partial charge in [-0.1, -0.05) is 102 Å². The van der Waals surface area contributed by atoms with E-state index in [1.54, 1.807) is 11.1 Å². The van der Waals surface area contributed by atoms with Gasteiger partial charge >= 0.3 is 0 Å². The van der Waals surface area contributed by atoms with Crippen LogP contribution in [-0.2, 0) is 17.6 Å². The quantitative estimate of drug-likeness (QED) is 0.238. The Balaban J connectivity index is 1.56. The minimum absolute atomic E-state index is 0.233. The number of fused-ring (bicyclic) bond motifs is 5. The molecule has 2 bridgehead atoms. The lowest BCUT2D eigenvalue weighted by Gasteiger charge is -2.16. The molecule has 1 nitrogen and oxygen atoms in total. The van der Waals surface area contributed by atoms with Gasteiger partial charge in [-0.3, -0.25) is 0 Å². The minimum atomic E-state index is 0.233. The van der Waals surface area contributed by atoms with E-state index in [0.717, 1.165) is 0 Å². The van der Waals surface area contributed by atoms with Gasteiger partial charge in [-0.05, 0) is 47.9 Å². The van der Waals surface area contributed by atoms with E-state index in [-0.39, 0.29) is 12.2 Å². The zero-order valence-electron chi connectivity index (χ0n) is 17.8.